The zero-order valence-electron chi connectivity index (χ0n) is 17.0. The van der Waals surface area contributed by atoms with Crippen LogP contribution in [0.5, 0.6) is 5.75 Å². The monoisotopic (exact) mass is 373 g/mol. The molecule has 1 aromatic carbocycles. The van der Waals surface area contributed by atoms with Gasteiger partial charge in [-0.1, -0.05) is 31.1 Å². The van der Waals surface area contributed by atoms with Crippen molar-refractivity contribution >= 4 is 5.96 Å². The Morgan fingerprint density at radius 2 is 2.07 bits per heavy atom. The number of aliphatic imine (C=N–C) groups is 1. The van der Waals surface area contributed by atoms with Crippen LogP contribution in [0.2, 0.25) is 0 Å². The second kappa shape index (κ2) is 10.5. The first-order chi connectivity index (χ1) is 13.0. The lowest BCUT2D eigenvalue weighted by Crippen LogP contribution is -2.39. The van der Waals surface area contributed by atoms with Crippen LogP contribution in [-0.2, 0) is 6.42 Å². The highest BCUT2D eigenvalue weighted by Crippen LogP contribution is 2.14. The first-order valence-corrected chi connectivity index (χ1v) is 9.56. The number of hydrogen-bond acceptors (Lipinski definition) is 5. The van der Waals surface area contributed by atoms with Gasteiger partial charge in [-0.2, -0.15) is 4.98 Å². The summed E-state index contributed by atoms with van der Waals surface area (Å²) in [5.41, 5.74) is 1.18. The van der Waals surface area contributed by atoms with Crippen LogP contribution in [0, 0.1) is 6.92 Å². The first kappa shape index (κ1) is 20.7. The summed E-state index contributed by atoms with van der Waals surface area (Å²) >= 11 is 0. The van der Waals surface area contributed by atoms with Gasteiger partial charge in [-0.25, -0.2) is 4.99 Å². The summed E-state index contributed by atoms with van der Waals surface area (Å²) in [5, 5.41) is 10.5. The maximum Gasteiger partial charge on any atom is 0.228 e. The topological polar surface area (TPSA) is 84.6 Å². The van der Waals surface area contributed by atoms with E-state index in [1.54, 1.807) is 0 Å². The van der Waals surface area contributed by atoms with Crippen LogP contribution in [-0.4, -0.2) is 41.8 Å². The smallest absolute Gasteiger partial charge is 0.228 e. The van der Waals surface area contributed by atoms with Crippen molar-refractivity contribution in [3.8, 4) is 5.75 Å². The lowest BCUT2D eigenvalue weighted by molar-refractivity contribution is 0.230. The van der Waals surface area contributed by atoms with Gasteiger partial charge in [0.05, 0.1) is 6.54 Å². The van der Waals surface area contributed by atoms with E-state index in [2.05, 4.69) is 38.8 Å². The lowest BCUT2D eigenvalue weighted by Gasteiger charge is -2.15. The number of aryl methyl sites for hydroxylation is 1. The third-order valence-electron chi connectivity index (χ3n) is 3.81. The molecule has 0 bridgehead atoms. The zero-order chi connectivity index (χ0) is 19.6. The molecule has 0 amide bonds. The Balaban J connectivity index is 1.81. The molecule has 0 aliphatic heterocycles. The quantitative estimate of drug-likeness (QED) is 0.519. The lowest BCUT2D eigenvalue weighted by atomic mass is 10.2. The van der Waals surface area contributed by atoms with E-state index >= 15 is 0 Å². The summed E-state index contributed by atoms with van der Waals surface area (Å²) in [6, 6.07) is 8.04. The molecule has 0 saturated heterocycles. The average molecular weight is 374 g/mol. The van der Waals surface area contributed by atoms with Gasteiger partial charge < -0.3 is 19.9 Å². The fourth-order valence-corrected chi connectivity index (χ4v) is 2.41. The third kappa shape index (κ3) is 7.29. The molecule has 0 saturated carbocycles. The van der Waals surface area contributed by atoms with Crippen LogP contribution in [0.15, 0.2) is 33.8 Å². The summed E-state index contributed by atoms with van der Waals surface area (Å²) in [6.45, 7) is 12.2. The van der Waals surface area contributed by atoms with Crippen molar-refractivity contribution < 1.29 is 9.26 Å². The van der Waals surface area contributed by atoms with Crippen LogP contribution in [0.1, 0.15) is 50.9 Å². The van der Waals surface area contributed by atoms with E-state index in [1.165, 1.54) is 5.56 Å². The van der Waals surface area contributed by atoms with Gasteiger partial charge in [0.15, 0.2) is 11.8 Å². The summed E-state index contributed by atoms with van der Waals surface area (Å²) < 4.78 is 11.2. The Labute approximate surface area is 161 Å². The predicted molar refractivity (Wildman–Crippen MR) is 107 cm³/mol. The molecule has 7 nitrogen and oxygen atoms in total. The molecule has 2 rings (SSSR count). The molecule has 2 aromatic rings. The maximum absolute atomic E-state index is 5.93. The largest absolute Gasteiger partial charge is 0.489 e. The summed E-state index contributed by atoms with van der Waals surface area (Å²) in [7, 11) is 0. The molecule has 0 radical (unpaired) electrons. The molecule has 0 fully saturated rings. The van der Waals surface area contributed by atoms with E-state index in [9.17, 15) is 0 Å². The molecule has 1 unspecified atom stereocenters. The highest BCUT2D eigenvalue weighted by Gasteiger charge is 2.10. The number of nitrogens with zero attached hydrogens (tertiary/aromatic N) is 3. The van der Waals surface area contributed by atoms with Crippen LogP contribution in [0.3, 0.4) is 0 Å². The van der Waals surface area contributed by atoms with Crippen molar-refractivity contribution in [3.05, 3.63) is 41.5 Å². The summed E-state index contributed by atoms with van der Waals surface area (Å²) in [5.74, 6) is 3.27. The van der Waals surface area contributed by atoms with Gasteiger partial charge in [0.1, 0.15) is 11.9 Å². The van der Waals surface area contributed by atoms with Gasteiger partial charge in [0, 0.05) is 25.4 Å². The number of rotatable bonds is 9. The molecule has 0 aliphatic carbocycles. The highest BCUT2D eigenvalue weighted by atomic mass is 16.5. The van der Waals surface area contributed by atoms with Crippen molar-refractivity contribution in [1.82, 2.24) is 20.8 Å². The molecule has 0 spiro atoms. The van der Waals surface area contributed by atoms with E-state index in [0.717, 1.165) is 24.1 Å². The minimum Gasteiger partial charge on any atom is -0.489 e. The van der Waals surface area contributed by atoms with Crippen LogP contribution in [0.4, 0.5) is 0 Å². The Kier molecular flexibility index (Phi) is 8.10. The Morgan fingerprint density at radius 1 is 1.26 bits per heavy atom. The molecule has 1 atom stereocenters. The molecule has 27 heavy (non-hydrogen) atoms. The Morgan fingerprint density at radius 3 is 2.74 bits per heavy atom. The Bertz CT molecular complexity index is 727. The Hall–Kier alpha value is -2.57. The number of ether oxygens (including phenoxy) is 1. The van der Waals surface area contributed by atoms with Crippen molar-refractivity contribution in [1.29, 1.82) is 0 Å². The number of benzene rings is 1. The van der Waals surface area contributed by atoms with E-state index in [4.69, 9.17) is 9.26 Å². The van der Waals surface area contributed by atoms with Crippen molar-refractivity contribution in [2.75, 3.05) is 19.6 Å². The molecule has 7 heteroatoms. The van der Waals surface area contributed by atoms with E-state index < -0.39 is 0 Å². The molecule has 0 aliphatic rings. The van der Waals surface area contributed by atoms with Gasteiger partial charge >= 0.3 is 0 Å². The number of nitrogens with one attached hydrogen (secondary N) is 2. The second-order valence-corrected chi connectivity index (χ2v) is 6.84. The van der Waals surface area contributed by atoms with Gasteiger partial charge in [0.2, 0.25) is 5.89 Å². The maximum atomic E-state index is 5.93. The van der Waals surface area contributed by atoms with Crippen molar-refractivity contribution in [3.63, 3.8) is 0 Å². The highest BCUT2D eigenvalue weighted by molar-refractivity contribution is 5.79. The standard InChI is InChI=1S/C20H31N5O2/c1-6-21-20(22-11-10-18-24-19(14(2)3)25-27-18)23-13-16(5)26-17-9-7-8-15(4)12-17/h7-9,12,14,16H,6,10-11,13H2,1-5H3,(H2,21,22,23). The number of aromatic nitrogens is 2. The van der Waals surface area contributed by atoms with Gasteiger partial charge in [-0.3, -0.25) is 0 Å². The molecular weight excluding hydrogens is 342 g/mol. The summed E-state index contributed by atoms with van der Waals surface area (Å²) in [4.78, 5) is 8.98. The SMILES string of the molecule is CCNC(=NCC(C)Oc1cccc(C)c1)NCCc1nc(C(C)C)no1. The zero-order valence-corrected chi connectivity index (χ0v) is 17.0. The minimum atomic E-state index is -0.0215. The number of guanidine groups is 1. The fraction of sp³-hybridized carbons (Fsp3) is 0.550. The van der Waals surface area contributed by atoms with E-state index in [-0.39, 0.29) is 12.0 Å². The van der Waals surface area contributed by atoms with Gasteiger partial charge in [-0.15, -0.1) is 0 Å². The van der Waals surface area contributed by atoms with Crippen LogP contribution >= 0.6 is 0 Å². The predicted octanol–water partition coefficient (Wildman–Crippen LogP) is 3.07. The minimum absolute atomic E-state index is 0.0215. The molecular formula is C20H31N5O2. The average Bonchev–Trinajstić information content (AvgIpc) is 3.09. The van der Waals surface area contributed by atoms with Crippen LogP contribution in [0.25, 0.3) is 0 Å². The van der Waals surface area contributed by atoms with Crippen molar-refractivity contribution in [2.24, 2.45) is 4.99 Å². The molecule has 1 aromatic heterocycles. The van der Waals surface area contributed by atoms with E-state index in [1.807, 2.05) is 45.9 Å². The van der Waals surface area contributed by atoms with Crippen molar-refractivity contribution in [2.45, 2.75) is 53.1 Å². The fourth-order valence-electron chi connectivity index (χ4n) is 2.41. The van der Waals surface area contributed by atoms with Crippen LogP contribution < -0.4 is 15.4 Å². The van der Waals surface area contributed by atoms with Gasteiger partial charge in [0.25, 0.3) is 0 Å². The second-order valence-electron chi connectivity index (χ2n) is 6.84. The van der Waals surface area contributed by atoms with E-state index in [0.29, 0.717) is 25.4 Å². The molecule has 1 heterocycles. The van der Waals surface area contributed by atoms with Gasteiger partial charge in [-0.05, 0) is 38.5 Å². The third-order valence-corrected chi connectivity index (χ3v) is 3.81. The first-order valence-electron chi connectivity index (χ1n) is 9.56. The number of hydrogen-bond donors (Lipinski definition) is 2. The molecule has 148 valence electrons. The summed E-state index contributed by atoms with van der Waals surface area (Å²) in [6.07, 6.45) is 0.631. The molecule has 2 N–H and O–H groups in total. The normalized spacial score (nSPS) is 12.9.